The third-order valence-corrected chi connectivity index (χ3v) is 3.54. The van der Waals surface area contributed by atoms with Crippen LogP contribution in [0.2, 0.25) is 0 Å². The Morgan fingerprint density at radius 2 is 1.48 bits per heavy atom. The van der Waals surface area contributed by atoms with Crippen LogP contribution in [-0.2, 0) is 4.79 Å². The van der Waals surface area contributed by atoms with Gasteiger partial charge in [0, 0.05) is 22.9 Å². The highest BCUT2D eigenvalue weighted by molar-refractivity contribution is 6.04. The molecule has 2 N–H and O–H groups in total. The fraction of sp³-hybridized carbons (Fsp3) is 0.176. The van der Waals surface area contributed by atoms with Crippen molar-refractivity contribution >= 4 is 23.2 Å². The number of hydrogen-bond acceptors (Lipinski definition) is 2. The third kappa shape index (κ3) is 3.71. The molecule has 23 heavy (non-hydrogen) atoms. The molecule has 0 heterocycles. The van der Waals surface area contributed by atoms with Gasteiger partial charge in [-0.1, -0.05) is 0 Å². The summed E-state index contributed by atoms with van der Waals surface area (Å²) in [4.78, 5) is 23.6. The van der Waals surface area contributed by atoms with Gasteiger partial charge in [-0.05, 0) is 55.3 Å². The van der Waals surface area contributed by atoms with Crippen molar-refractivity contribution in [1.82, 2.24) is 0 Å². The number of carbonyl (C=O) groups excluding carboxylic acids is 2. The van der Waals surface area contributed by atoms with Gasteiger partial charge in [-0.25, -0.2) is 8.78 Å². The molecule has 0 radical (unpaired) electrons. The van der Waals surface area contributed by atoms with E-state index in [0.29, 0.717) is 11.4 Å². The molecular weight excluding hydrogens is 302 g/mol. The van der Waals surface area contributed by atoms with E-state index in [9.17, 15) is 18.4 Å². The predicted molar refractivity (Wildman–Crippen MR) is 82.1 cm³/mol. The molecule has 0 saturated heterocycles. The van der Waals surface area contributed by atoms with Crippen LogP contribution in [0.15, 0.2) is 42.5 Å². The molecule has 0 aromatic heterocycles. The van der Waals surface area contributed by atoms with Crippen LogP contribution in [0.1, 0.15) is 23.2 Å². The lowest BCUT2D eigenvalue weighted by atomic mass is 10.2. The number of rotatable bonds is 4. The standard InChI is InChI=1S/C17H14F2N2O2/c18-14-8-3-11(9-15(14)19)17(23)21-13-6-4-12(5-7-13)20-16(22)10-1-2-10/h3-10H,1-2H2,(H,20,22)(H,21,23). The molecule has 1 aliphatic rings. The maximum absolute atomic E-state index is 13.1. The first-order chi connectivity index (χ1) is 11.0. The van der Waals surface area contributed by atoms with Gasteiger partial charge in [-0.2, -0.15) is 0 Å². The molecular formula is C17H14F2N2O2. The molecule has 1 aliphatic carbocycles. The minimum atomic E-state index is -1.07. The Kier molecular flexibility index (Phi) is 4.06. The van der Waals surface area contributed by atoms with Crippen LogP contribution >= 0.6 is 0 Å². The van der Waals surface area contributed by atoms with Crippen molar-refractivity contribution in [3.05, 3.63) is 59.7 Å². The number of anilines is 2. The lowest BCUT2D eigenvalue weighted by Crippen LogP contribution is -2.14. The van der Waals surface area contributed by atoms with Gasteiger partial charge < -0.3 is 10.6 Å². The predicted octanol–water partition coefficient (Wildman–Crippen LogP) is 3.57. The van der Waals surface area contributed by atoms with E-state index in [0.717, 1.165) is 25.0 Å². The summed E-state index contributed by atoms with van der Waals surface area (Å²) in [5, 5.41) is 5.37. The maximum atomic E-state index is 13.1. The van der Waals surface area contributed by atoms with E-state index in [1.165, 1.54) is 6.07 Å². The van der Waals surface area contributed by atoms with Crippen LogP contribution in [0.3, 0.4) is 0 Å². The molecule has 4 nitrogen and oxygen atoms in total. The molecule has 0 aliphatic heterocycles. The summed E-state index contributed by atoms with van der Waals surface area (Å²) >= 11 is 0. The average Bonchev–Trinajstić information content (AvgIpc) is 3.36. The number of halogens is 2. The Bertz CT molecular complexity index is 756. The average molecular weight is 316 g/mol. The number of carbonyl (C=O) groups is 2. The van der Waals surface area contributed by atoms with Gasteiger partial charge in [0.25, 0.3) is 5.91 Å². The molecule has 2 aromatic rings. The van der Waals surface area contributed by atoms with Crippen molar-refractivity contribution in [1.29, 1.82) is 0 Å². The molecule has 0 unspecified atom stereocenters. The Morgan fingerprint density at radius 1 is 0.870 bits per heavy atom. The smallest absolute Gasteiger partial charge is 0.255 e. The van der Waals surface area contributed by atoms with Crippen LogP contribution in [0.4, 0.5) is 20.2 Å². The third-order valence-electron chi connectivity index (χ3n) is 3.54. The molecule has 2 aromatic carbocycles. The van der Waals surface area contributed by atoms with Crippen LogP contribution in [0, 0.1) is 17.6 Å². The lowest BCUT2D eigenvalue weighted by molar-refractivity contribution is -0.117. The van der Waals surface area contributed by atoms with Crippen LogP contribution in [-0.4, -0.2) is 11.8 Å². The Balaban J connectivity index is 1.63. The molecule has 0 atom stereocenters. The fourth-order valence-corrected chi connectivity index (χ4v) is 2.07. The quantitative estimate of drug-likeness (QED) is 0.906. The van der Waals surface area contributed by atoms with Gasteiger partial charge in [0.15, 0.2) is 11.6 Å². The second-order valence-corrected chi connectivity index (χ2v) is 5.42. The van der Waals surface area contributed by atoms with Crippen LogP contribution < -0.4 is 10.6 Å². The van der Waals surface area contributed by atoms with Gasteiger partial charge in [0.2, 0.25) is 5.91 Å². The zero-order chi connectivity index (χ0) is 16.4. The SMILES string of the molecule is O=C(Nc1ccc(NC(=O)C2CC2)cc1)c1ccc(F)c(F)c1. The molecule has 2 amide bonds. The summed E-state index contributed by atoms with van der Waals surface area (Å²) in [5.41, 5.74) is 1.16. The molecule has 118 valence electrons. The highest BCUT2D eigenvalue weighted by atomic mass is 19.2. The first-order valence-corrected chi connectivity index (χ1v) is 7.20. The first kappa shape index (κ1) is 15.1. The summed E-state index contributed by atoms with van der Waals surface area (Å²) < 4.78 is 26.0. The van der Waals surface area contributed by atoms with Crippen LogP contribution in [0.25, 0.3) is 0 Å². The van der Waals surface area contributed by atoms with Gasteiger partial charge in [-0.15, -0.1) is 0 Å². The summed E-state index contributed by atoms with van der Waals surface area (Å²) in [7, 11) is 0. The summed E-state index contributed by atoms with van der Waals surface area (Å²) in [6.45, 7) is 0. The Hall–Kier alpha value is -2.76. The molecule has 3 rings (SSSR count). The zero-order valence-corrected chi connectivity index (χ0v) is 12.1. The minimum absolute atomic E-state index is 0.00331. The van der Waals surface area contributed by atoms with Crippen molar-refractivity contribution in [3.63, 3.8) is 0 Å². The second-order valence-electron chi connectivity index (χ2n) is 5.42. The van der Waals surface area contributed by atoms with Crippen LogP contribution in [0.5, 0.6) is 0 Å². The molecule has 0 spiro atoms. The summed E-state index contributed by atoms with van der Waals surface area (Å²) in [5.74, 6) is -2.50. The van der Waals surface area contributed by atoms with Gasteiger partial charge in [0.05, 0.1) is 0 Å². The maximum Gasteiger partial charge on any atom is 0.255 e. The van der Waals surface area contributed by atoms with Crippen molar-refractivity contribution in [2.24, 2.45) is 5.92 Å². The summed E-state index contributed by atoms with van der Waals surface area (Å²) in [6, 6.07) is 9.54. The van der Waals surface area contributed by atoms with E-state index < -0.39 is 17.5 Å². The lowest BCUT2D eigenvalue weighted by Gasteiger charge is -2.08. The Morgan fingerprint density at radius 3 is 2.04 bits per heavy atom. The largest absolute Gasteiger partial charge is 0.326 e. The molecule has 1 fully saturated rings. The highest BCUT2D eigenvalue weighted by Crippen LogP contribution is 2.30. The summed E-state index contributed by atoms with van der Waals surface area (Å²) in [6.07, 6.45) is 1.85. The van der Waals surface area contributed by atoms with Gasteiger partial charge >= 0.3 is 0 Å². The first-order valence-electron chi connectivity index (χ1n) is 7.20. The Labute approximate surface area is 131 Å². The second kappa shape index (κ2) is 6.16. The van der Waals surface area contributed by atoms with Crippen molar-refractivity contribution in [2.45, 2.75) is 12.8 Å². The van der Waals surface area contributed by atoms with Gasteiger partial charge in [0.1, 0.15) is 0 Å². The fourth-order valence-electron chi connectivity index (χ4n) is 2.07. The van der Waals surface area contributed by atoms with E-state index in [-0.39, 0.29) is 17.4 Å². The number of benzene rings is 2. The number of hydrogen-bond donors (Lipinski definition) is 2. The monoisotopic (exact) mass is 316 g/mol. The topological polar surface area (TPSA) is 58.2 Å². The van der Waals surface area contributed by atoms with E-state index in [2.05, 4.69) is 10.6 Å². The molecule has 1 saturated carbocycles. The minimum Gasteiger partial charge on any atom is -0.326 e. The van der Waals surface area contributed by atoms with Crippen molar-refractivity contribution < 1.29 is 18.4 Å². The van der Waals surface area contributed by atoms with E-state index >= 15 is 0 Å². The molecule has 6 heteroatoms. The van der Waals surface area contributed by atoms with E-state index in [1.807, 2.05) is 0 Å². The highest BCUT2D eigenvalue weighted by Gasteiger charge is 2.29. The van der Waals surface area contributed by atoms with Crippen molar-refractivity contribution in [3.8, 4) is 0 Å². The number of nitrogens with one attached hydrogen (secondary N) is 2. The normalized spacial score (nSPS) is 13.5. The number of amides is 2. The zero-order valence-electron chi connectivity index (χ0n) is 12.1. The van der Waals surface area contributed by atoms with Crippen molar-refractivity contribution in [2.75, 3.05) is 10.6 Å². The molecule has 0 bridgehead atoms. The van der Waals surface area contributed by atoms with E-state index in [1.54, 1.807) is 24.3 Å². The van der Waals surface area contributed by atoms with Gasteiger partial charge in [-0.3, -0.25) is 9.59 Å². The van der Waals surface area contributed by atoms with E-state index in [4.69, 9.17) is 0 Å².